The third kappa shape index (κ3) is 24.6. The predicted octanol–water partition coefficient (Wildman–Crippen LogP) is 18.9. The highest BCUT2D eigenvalue weighted by molar-refractivity contribution is 6.31. The van der Waals surface area contributed by atoms with Crippen molar-refractivity contribution in [1.82, 2.24) is 50.2 Å². The number of fused-ring (bicyclic) bond motifs is 2. The van der Waals surface area contributed by atoms with Crippen LogP contribution in [0.3, 0.4) is 0 Å². The number of imide groups is 1. The molecule has 10 rings (SSSR count). The van der Waals surface area contributed by atoms with Crippen LogP contribution in [-0.4, -0.2) is 135 Å². The van der Waals surface area contributed by atoms with E-state index in [9.17, 15) is 29.4 Å². The number of amides is 4. The number of hydroxylamine groups is 2. The minimum Gasteiger partial charge on any atom is -0.505 e. The molecule has 2 aromatic heterocycles. The molecule has 0 bridgehead atoms. The molecule has 5 heterocycles. The summed E-state index contributed by atoms with van der Waals surface area (Å²) in [4.78, 5) is 61.6. The number of phenolic OH excluding ortho intramolecular Hbond substituents is 2. The van der Waals surface area contributed by atoms with E-state index in [4.69, 9.17) is 25.9 Å². The number of hydrogen-bond acceptors (Lipinski definition) is 14. The number of hydrogen-bond donors (Lipinski definition) is 3. The van der Waals surface area contributed by atoms with Crippen molar-refractivity contribution in [3.05, 3.63) is 130 Å². The monoisotopic (exact) mass is 1440 g/mol. The lowest BCUT2D eigenvalue weighted by atomic mass is 9.68. The quantitative estimate of drug-likeness (QED) is 0.0217. The van der Waals surface area contributed by atoms with Gasteiger partial charge in [0.25, 0.3) is 5.91 Å². The van der Waals surface area contributed by atoms with Crippen LogP contribution in [0.5, 0.6) is 11.5 Å². The molecule has 19 nitrogen and oxygen atoms in total. The summed E-state index contributed by atoms with van der Waals surface area (Å²) in [5.74, 6) is 0.407. The molecule has 4 amide bonds. The number of rotatable bonds is 30. The van der Waals surface area contributed by atoms with Crippen molar-refractivity contribution < 1.29 is 43.7 Å². The Bertz CT molecular complexity index is 3780. The van der Waals surface area contributed by atoms with E-state index in [0.717, 1.165) is 135 Å². The van der Waals surface area contributed by atoms with Gasteiger partial charge in [-0.05, 0) is 158 Å². The molecule has 7 aromatic rings. The molecule has 0 aliphatic carbocycles. The molecular weight excluding hydrogens is 1320 g/mol. The highest BCUT2D eigenvalue weighted by atomic mass is 35.5. The van der Waals surface area contributed by atoms with Crippen molar-refractivity contribution in [2.45, 2.75) is 281 Å². The summed E-state index contributed by atoms with van der Waals surface area (Å²) in [5, 5.41) is 42.8. The fourth-order valence-electron chi connectivity index (χ4n) is 15.0. The number of halogens is 1. The third-order valence-electron chi connectivity index (χ3n) is 19.8. The number of aromatic nitrogens is 6. The lowest BCUT2D eigenvalue weighted by Crippen LogP contribution is -2.62. The van der Waals surface area contributed by atoms with E-state index >= 15 is 0 Å². The number of nitrogens with zero attached hydrogens (tertiary/aromatic N) is 9. The summed E-state index contributed by atoms with van der Waals surface area (Å²) < 4.78 is 12.5. The molecule has 5 aromatic carbocycles. The van der Waals surface area contributed by atoms with Crippen LogP contribution < -0.4 is 5.32 Å². The van der Waals surface area contributed by atoms with Gasteiger partial charge in [-0.1, -0.05) is 198 Å². The first kappa shape index (κ1) is 82.8. The average Bonchev–Trinajstić information content (AvgIpc) is 1.77. The highest BCUT2D eigenvalue weighted by Crippen LogP contribution is 2.44. The van der Waals surface area contributed by atoms with Crippen molar-refractivity contribution in [2.75, 3.05) is 26.3 Å². The number of likely N-dealkylation sites (tertiary alicyclic amines) is 1. The van der Waals surface area contributed by atoms with E-state index in [2.05, 4.69) is 105 Å². The van der Waals surface area contributed by atoms with Gasteiger partial charge in [0.05, 0.1) is 12.7 Å². The van der Waals surface area contributed by atoms with Crippen LogP contribution in [-0.2, 0) is 35.2 Å². The maximum Gasteiger partial charge on any atom is 0.325 e. The van der Waals surface area contributed by atoms with E-state index < -0.39 is 0 Å². The molecular formula is C83H121ClN10O9. The van der Waals surface area contributed by atoms with Gasteiger partial charge < -0.3 is 29.5 Å². The lowest BCUT2D eigenvalue weighted by Gasteiger charge is -2.53. The van der Waals surface area contributed by atoms with E-state index in [1.54, 1.807) is 25.1 Å². The molecule has 0 saturated carbocycles. The Morgan fingerprint density at radius 3 is 1.52 bits per heavy atom. The molecule has 0 radical (unpaired) electrons. The van der Waals surface area contributed by atoms with Gasteiger partial charge in [-0.25, -0.2) is 4.79 Å². The van der Waals surface area contributed by atoms with Crippen LogP contribution in [0.1, 0.15) is 245 Å². The van der Waals surface area contributed by atoms with Gasteiger partial charge >= 0.3 is 12.0 Å². The zero-order chi connectivity index (χ0) is 75.1. The second kappa shape index (κ2) is 39.1. The van der Waals surface area contributed by atoms with E-state index in [1.165, 1.54) is 78.7 Å². The first-order valence-electron chi connectivity index (χ1n) is 38.1. The normalized spacial score (nSPS) is 17.1. The Kier molecular flexibility index (Phi) is 31.4. The minimum atomic E-state index is -0.377. The zero-order valence-corrected chi connectivity index (χ0v) is 65.5. The Morgan fingerprint density at radius 1 is 0.563 bits per heavy atom. The number of phenols is 2. The number of carbonyl (C=O) groups excluding carboxylic acids is 4. The number of carbonyl (C=O) groups is 4. The number of aromatic hydroxyl groups is 2. The van der Waals surface area contributed by atoms with Crippen LogP contribution in [0, 0.1) is 38.5 Å². The van der Waals surface area contributed by atoms with Gasteiger partial charge in [-0.3, -0.25) is 24.5 Å². The summed E-state index contributed by atoms with van der Waals surface area (Å²) >= 11 is 5.93. The van der Waals surface area contributed by atoms with Crippen molar-refractivity contribution >= 4 is 57.5 Å². The topological polar surface area (TPSA) is 220 Å². The number of unbranched alkanes of at least 4 members (excludes halogenated alkanes) is 15. The van der Waals surface area contributed by atoms with Crippen LogP contribution >= 0.6 is 11.6 Å². The van der Waals surface area contributed by atoms with Gasteiger partial charge in [0.1, 0.15) is 57.1 Å². The van der Waals surface area contributed by atoms with Gasteiger partial charge in [0, 0.05) is 78.9 Å². The zero-order valence-electron chi connectivity index (χ0n) is 64.7. The molecule has 3 aliphatic rings. The van der Waals surface area contributed by atoms with Gasteiger partial charge in [-0.2, -0.15) is 5.06 Å². The van der Waals surface area contributed by atoms with Crippen molar-refractivity contribution in [1.29, 1.82) is 0 Å². The van der Waals surface area contributed by atoms with Crippen LogP contribution in [0.15, 0.2) is 97.1 Å². The smallest absolute Gasteiger partial charge is 0.325 e. The number of urea groups is 1. The second-order valence-corrected chi connectivity index (χ2v) is 31.9. The minimum absolute atomic E-state index is 0.0636. The first-order valence-corrected chi connectivity index (χ1v) is 38.4. The maximum atomic E-state index is 13.3. The summed E-state index contributed by atoms with van der Waals surface area (Å²) in [6.45, 7) is 35.4. The maximum absolute atomic E-state index is 13.3. The Balaban J connectivity index is 0.000000227. The van der Waals surface area contributed by atoms with Crippen LogP contribution in [0.4, 0.5) is 4.79 Å². The molecule has 3 fully saturated rings. The molecule has 3 N–H and O–H groups in total. The number of ether oxygens (including phenoxy) is 2. The summed E-state index contributed by atoms with van der Waals surface area (Å²) in [5.41, 5.74) is 8.51. The third-order valence-corrected chi connectivity index (χ3v) is 20.0. The van der Waals surface area contributed by atoms with E-state index in [1.807, 2.05) is 107 Å². The molecule has 1 atom stereocenters. The number of benzene rings is 5. The van der Waals surface area contributed by atoms with Gasteiger partial charge in [0.15, 0.2) is 0 Å². The second-order valence-electron chi connectivity index (χ2n) is 31.5. The molecule has 3 aliphatic heterocycles. The van der Waals surface area contributed by atoms with Gasteiger partial charge in [-0.15, -0.1) is 30.0 Å². The number of aryl methyl sites for hydroxylation is 4. The van der Waals surface area contributed by atoms with Gasteiger partial charge in [0.2, 0.25) is 5.91 Å². The lowest BCUT2D eigenvalue weighted by molar-refractivity contribution is -0.293. The summed E-state index contributed by atoms with van der Waals surface area (Å²) in [6.07, 6.45) is 24.0. The average molecular weight is 1440 g/mol. The van der Waals surface area contributed by atoms with Crippen LogP contribution in [0.25, 0.3) is 33.4 Å². The first-order chi connectivity index (χ1) is 48.9. The standard InChI is InChI=1S/C44H84N2O5.C14H12ClN3O.C14H13N3O.C11H12N2O2/c1-11-13-15-17-23-27-31-49-40-41(3,4)35-45(36-42(40,5)6)38(47)29-25-21-19-20-22-26-30-39(48)51-37-33-43(7,8)46(44(9,10)34-37)50-32-28-24-18-16-14-12-2;1-8-5-9(2)14(19)13(6-8)18-16-11-4-3-10(15)7-12(11)17-18;1-9-7-10(2)14(18)13(8-9)17-15-11-5-3-4-6-12(11)16-17;1-8-10(14)12-11(15)13(8)7-9-5-3-2-4-6-9/h37,40H,11-36H2,1-10H3;3-7,19H,1-2H3;3-8,18H,1-2H3;2-6,8H,7H2,1H3,(H,12,14,15). The predicted molar refractivity (Wildman–Crippen MR) is 413 cm³/mol. The Labute approximate surface area is 619 Å². The van der Waals surface area contributed by atoms with E-state index in [-0.39, 0.29) is 75.5 Å². The van der Waals surface area contributed by atoms with Crippen molar-refractivity contribution in [3.63, 3.8) is 0 Å². The molecule has 103 heavy (non-hydrogen) atoms. The Hall–Kier alpha value is -7.45. The number of nitrogens with one attached hydrogen (secondary N) is 1. The molecule has 564 valence electrons. The molecule has 1 unspecified atom stereocenters. The van der Waals surface area contributed by atoms with Crippen LogP contribution in [0.2, 0.25) is 5.02 Å². The molecule has 20 heteroatoms. The number of piperidine rings is 2. The largest absolute Gasteiger partial charge is 0.505 e. The summed E-state index contributed by atoms with van der Waals surface area (Å²) in [6, 6.07) is 29.5. The molecule has 0 spiro atoms. The van der Waals surface area contributed by atoms with E-state index in [0.29, 0.717) is 41.3 Å². The van der Waals surface area contributed by atoms with Crippen molar-refractivity contribution in [2.24, 2.45) is 10.8 Å². The van der Waals surface area contributed by atoms with Crippen molar-refractivity contribution in [3.8, 4) is 22.9 Å². The SMILES string of the molecule is CC1C(=O)NC(=O)N1Cc1ccccc1.CCCCCCCCOC1C(C)(C)CN(C(=O)CCCCCCCCC(=O)OC2CC(C)(C)N(OCCCCCCCC)C(C)(C)C2)CC1(C)C.Cc1cc(C)c(O)c(-n2nc3ccc(Cl)cc3n2)c1.Cc1cc(C)c(O)c(-n2nc3ccccc3n2)c1. The molecule has 3 saturated heterocycles. The fraction of sp³-hybridized carbons (Fsp3) is 0.590. The summed E-state index contributed by atoms with van der Waals surface area (Å²) in [7, 11) is 0. The number of esters is 1. The highest BCUT2D eigenvalue weighted by Gasteiger charge is 2.50. The Morgan fingerprint density at radius 2 is 1.02 bits per heavy atom. The fourth-order valence-corrected chi connectivity index (χ4v) is 15.2.